The zero-order chi connectivity index (χ0) is 13.4. The number of hydrogen-bond acceptors (Lipinski definition) is 3. The minimum atomic E-state index is 0.169. The maximum Gasteiger partial charge on any atom is 0.0945 e. The molecule has 0 amide bonds. The molecule has 1 aliphatic carbocycles. The normalized spacial score (nSPS) is 18.6. The molecule has 1 heterocycles. The Balaban J connectivity index is 1.55. The van der Waals surface area contributed by atoms with E-state index in [-0.39, 0.29) is 5.41 Å². The molecule has 19 heavy (non-hydrogen) atoms. The quantitative estimate of drug-likeness (QED) is 0.708. The van der Waals surface area contributed by atoms with Crippen LogP contribution >= 0.6 is 0 Å². The summed E-state index contributed by atoms with van der Waals surface area (Å²) in [5.41, 5.74) is 0.169. The summed E-state index contributed by atoms with van der Waals surface area (Å²) in [6, 6.07) is 0. The summed E-state index contributed by atoms with van der Waals surface area (Å²) in [6.45, 7) is 3.42. The van der Waals surface area contributed by atoms with Crippen LogP contribution in [0.4, 0.5) is 0 Å². The van der Waals surface area contributed by atoms with Crippen LogP contribution in [0.5, 0.6) is 0 Å². The van der Waals surface area contributed by atoms with E-state index in [2.05, 4.69) is 14.9 Å². The third-order valence-corrected chi connectivity index (χ3v) is 4.33. The molecule has 1 saturated carbocycles. The molecule has 1 aromatic rings. The first-order chi connectivity index (χ1) is 9.35. The average molecular weight is 265 g/mol. The number of rotatable bonds is 8. The van der Waals surface area contributed by atoms with E-state index < -0.39 is 0 Å². The largest absolute Gasteiger partial charge is 0.396 e. The lowest BCUT2D eigenvalue weighted by molar-refractivity contribution is 0.0814. The summed E-state index contributed by atoms with van der Waals surface area (Å²) in [6.07, 6.45) is 14.3. The number of unbranched alkanes of at least 4 members (excludes halogenated alkanes) is 1. The first-order valence-corrected chi connectivity index (χ1v) is 7.62. The number of nitrogens with one attached hydrogen (secondary N) is 1. The number of nitrogens with zero attached hydrogens (tertiary/aromatic N) is 2. The predicted octanol–water partition coefficient (Wildman–Crippen LogP) is 2.20. The van der Waals surface area contributed by atoms with Crippen molar-refractivity contribution in [3.8, 4) is 0 Å². The molecule has 0 unspecified atom stereocenters. The Bertz CT molecular complexity index is 331. The number of aromatic nitrogens is 2. The van der Waals surface area contributed by atoms with Gasteiger partial charge in [-0.25, -0.2) is 4.98 Å². The van der Waals surface area contributed by atoms with E-state index in [1.165, 1.54) is 44.9 Å². The Kier molecular flexibility index (Phi) is 5.86. The van der Waals surface area contributed by atoms with Gasteiger partial charge in [0.1, 0.15) is 0 Å². The van der Waals surface area contributed by atoms with Crippen LogP contribution in [0, 0.1) is 5.41 Å². The maximum atomic E-state index is 9.62. The van der Waals surface area contributed by atoms with Gasteiger partial charge in [0, 0.05) is 37.5 Å². The molecule has 2 N–H and O–H groups in total. The lowest BCUT2D eigenvalue weighted by Crippen LogP contribution is -2.39. The zero-order valence-electron chi connectivity index (χ0n) is 11.9. The number of aliphatic hydroxyl groups is 1. The first-order valence-electron chi connectivity index (χ1n) is 7.62. The van der Waals surface area contributed by atoms with Crippen LogP contribution in [-0.4, -0.2) is 34.4 Å². The van der Waals surface area contributed by atoms with Gasteiger partial charge in [0.25, 0.3) is 0 Å². The van der Waals surface area contributed by atoms with Crippen molar-refractivity contribution in [3.63, 3.8) is 0 Å². The van der Waals surface area contributed by atoms with Crippen molar-refractivity contribution in [3.05, 3.63) is 18.7 Å². The summed E-state index contributed by atoms with van der Waals surface area (Å²) in [7, 11) is 0. The van der Waals surface area contributed by atoms with Gasteiger partial charge in [0.15, 0.2) is 0 Å². The number of aryl methyl sites for hydroxylation is 1. The van der Waals surface area contributed by atoms with E-state index in [0.717, 1.165) is 19.6 Å². The number of aliphatic hydroxyl groups excluding tert-OH is 1. The SMILES string of the molecule is OCC1(CNCCCCn2ccnc2)CCCCC1. The molecule has 0 spiro atoms. The Morgan fingerprint density at radius 1 is 1.21 bits per heavy atom. The molecule has 1 aliphatic rings. The Hall–Kier alpha value is -0.870. The highest BCUT2D eigenvalue weighted by atomic mass is 16.3. The summed E-state index contributed by atoms with van der Waals surface area (Å²) in [5, 5.41) is 13.2. The van der Waals surface area contributed by atoms with Gasteiger partial charge in [-0.3, -0.25) is 0 Å². The molecule has 4 heteroatoms. The molecular weight excluding hydrogens is 238 g/mol. The molecular formula is C15H27N3O. The zero-order valence-corrected chi connectivity index (χ0v) is 11.9. The Morgan fingerprint density at radius 3 is 2.74 bits per heavy atom. The van der Waals surface area contributed by atoms with Gasteiger partial charge in [-0.2, -0.15) is 0 Å². The summed E-state index contributed by atoms with van der Waals surface area (Å²) >= 11 is 0. The summed E-state index contributed by atoms with van der Waals surface area (Å²) in [4.78, 5) is 4.04. The van der Waals surface area contributed by atoms with E-state index in [4.69, 9.17) is 0 Å². The van der Waals surface area contributed by atoms with Crippen molar-refractivity contribution in [1.82, 2.24) is 14.9 Å². The number of imidazole rings is 1. The van der Waals surface area contributed by atoms with Gasteiger partial charge in [0.05, 0.1) is 6.33 Å². The minimum absolute atomic E-state index is 0.169. The average Bonchev–Trinajstić information content (AvgIpc) is 2.97. The van der Waals surface area contributed by atoms with Crippen LogP contribution in [0.25, 0.3) is 0 Å². The standard InChI is InChI=1S/C15H27N3O/c19-13-15(6-2-1-3-7-15)12-16-8-4-5-10-18-11-9-17-14-18/h9,11,14,16,19H,1-8,10,12-13H2. The van der Waals surface area contributed by atoms with Crippen LogP contribution in [-0.2, 0) is 6.54 Å². The van der Waals surface area contributed by atoms with Crippen molar-refractivity contribution in [2.45, 2.75) is 51.5 Å². The third kappa shape index (κ3) is 4.62. The lowest BCUT2D eigenvalue weighted by Gasteiger charge is -2.35. The molecule has 0 bridgehead atoms. The van der Waals surface area contributed by atoms with Crippen molar-refractivity contribution in [2.24, 2.45) is 5.41 Å². The predicted molar refractivity (Wildman–Crippen MR) is 76.9 cm³/mol. The van der Waals surface area contributed by atoms with E-state index in [1.54, 1.807) is 0 Å². The molecule has 0 aliphatic heterocycles. The monoisotopic (exact) mass is 265 g/mol. The molecule has 1 fully saturated rings. The molecule has 0 radical (unpaired) electrons. The second-order valence-electron chi connectivity index (χ2n) is 5.90. The molecule has 4 nitrogen and oxygen atoms in total. The molecule has 0 saturated heterocycles. The minimum Gasteiger partial charge on any atom is -0.396 e. The highest BCUT2D eigenvalue weighted by Crippen LogP contribution is 2.35. The highest BCUT2D eigenvalue weighted by Gasteiger charge is 2.30. The van der Waals surface area contributed by atoms with Crippen molar-refractivity contribution in [2.75, 3.05) is 19.7 Å². The fraction of sp³-hybridized carbons (Fsp3) is 0.800. The third-order valence-electron chi connectivity index (χ3n) is 4.33. The molecule has 0 aromatic carbocycles. The van der Waals surface area contributed by atoms with E-state index >= 15 is 0 Å². The second-order valence-corrected chi connectivity index (χ2v) is 5.90. The maximum absolute atomic E-state index is 9.62. The van der Waals surface area contributed by atoms with E-state index in [0.29, 0.717) is 6.61 Å². The summed E-state index contributed by atoms with van der Waals surface area (Å²) < 4.78 is 2.12. The fourth-order valence-corrected chi connectivity index (χ4v) is 3.01. The van der Waals surface area contributed by atoms with Crippen LogP contribution in [0.3, 0.4) is 0 Å². The van der Waals surface area contributed by atoms with Gasteiger partial charge in [-0.05, 0) is 32.2 Å². The molecule has 108 valence electrons. The Morgan fingerprint density at radius 2 is 2.05 bits per heavy atom. The van der Waals surface area contributed by atoms with Crippen molar-refractivity contribution < 1.29 is 5.11 Å². The van der Waals surface area contributed by atoms with Gasteiger partial charge in [0.2, 0.25) is 0 Å². The topological polar surface area (TPSA) is 50.1 Å². The van der Waals surface area contributed by atoms with Crippen LogP contribution in [0.2, 0.25) is 0 Å². The van der Waals surface area contributed by atoms with Gasteiger partial charge < -0.3 is 15.0 Å². The lowest BCUT2D eigenvalue weighted by atomic mass is 9.74. The van der Waals surface area contributed by atoms with Gasteiger partial charge in [-0.1, -0.05) is 19.3 Å². The van der Waals surface area contributed by atoms with Crippen molar-refractivity contribution in [1.29, 1.82) is 0 Å². The molecule has 2 rings (SSSR count). The smallest absolute Gasteiger partial charge is 0.0945 e. The highest BCUT2D eigenvalue weighted by molar-refractivity contribution is 4.84. The van der Waals surface area contributed by atoms with Crippen LogP contribution < -0.4 is 5.32 Å². The Labute approximate surface area is 116 Å². The van der Waals surface area contributed by atoms with Gasteiger partial charge >= 0.3 is 0 Å². The van der Waals surface area contributed by atoms with Crippen LogP contribution in [0.15, 0.2) is 18.7 Å². The summed E-state index contributed by atoms with van der Waals surface area (Å²) in [5.74, 6) is 0. The molecule has 1 aromatic heterocycles. The van der Waals surface area contributed by atoms with Crippen LogP contribution in [0.1, 0.15) is 44.9 Å². The van der Waals surface area contributed by atoms with Gasteiger partial charge in [-0.15, -0.1) is 0 Å². The first kappa shape index (κ1) is 14.5. The van der Waals surface area contributed by atoms with E-state index in [1.807, 2.05) is 18.7 Å². The van der Waals surface area contributed by atoms with Crippen molar-refractivity contribution >= 4 is 0 Å². The second kappa shape index (κ2) is 7.65. The fourth-order valence-electron chi connectivity index (χ4n) is 3.01. The molecule has 0 atom stereocenters. The number of hydrogen-bond donors (Lipinski definition) is 2. The van der Waals surface area contributed by atoms with E-state index in [9.17, 15) is 5.11 Å².